The standard InChI is InChI=1S/C24H27FNO5P/c1-4-32(30,31)24(16(2)3,22(27)28)23(29,14-17-9-11-20(25)12-10-17)19-13-18-7-5-6-8-21(18)26-15-19/h1,9-13,15-16,29H,5-8,14H2,2-3H3,(H,27,28)(H,30,31). The molecule has 2 aromatic rings. The topological polar surface area (TPSA) is 108 Å². The van der Waals surface area contributed by atoms with Gasteiger partial charge in [0.25, 0.3) is 7.37 Å². The Balaban J connectivity index is 2.35. The van der Waals surface area contributed by atoms with Crippen LogP contribution in [0.5, 0.6) is 0 Å². The van der Waals surface area contributed by atoms with E-state index < -0.39 is 35.8 Å². The number of rotatable bonds is 7. The van der Waals surface area contributed by atoms with Crippen molar-refractivity contribution in [2.75, 3.05) is 0 Å². The van der Waals surface area contributed by atoms with E-state index in [1.165, 1.54) is 44.3 Å². The minimum absolute atomic E-state index is 0.100. The first-order chi connectivity index (χ1) is 15.0. The monoisotopic (exact) mass is 459 g/mol. The third-order valence-electron chi connectivity index (χ3n) is 6.47. The zero-order valence-corrected chi connectivity index (χ0v) is 19.0. The molecule has 3 unspecified atom stereocenters. The summed E-state index contributed by atoms with van der Waals surface area (Å²) in [7, 11) is -4.91. The Morgan fingerprint density at radius 3 is 2.47 bits per heavy atom. The second-order valence-corrected chi connectivity index (χ2v) is 10.7. The number of carboxylic acid groups (broad SMARTS) is 1. The van der Waals surface area contributed by atoms with Gasteiger partial charge in [0.2, 0.25) is 0 Å². The highest BCUT2D eigenvalue weighted by atomic mass is 31.2. The second kappa shape index (κ2) is 8.78. The van der Waals surface area contributed by atoms with Gasteiger partial charge in [-0.2, -0.15) is 0 Å². The van der Waals surface area contributed by atoms with E-state index in [0.717, 1.165) is 30.5 Å². The Morgan fingerprint density at radius 2 is 1.91 bits per heavy atom. The van der Waals surface area contributed by atoms with Crippen molar-refractivity contribution >= 4 is 13.3 Å². The van der Waals surface area contributed by atoms with Crippen LogP contribution in [0.1, 0.15) is 49.1 Å². The van der Waals surface area contributed by atoms with Crippen LogP contribution in [0.4, 0.5) is 4.39 Å². The summed E-state index contributed by atoms with van der Waals surface area (Å²) in [5.74, 6) is -3.22. The number of aromatic nitrogens is 1. The molecular weight excluding hydrogens is 432 g/mol. The van der Waals surface area contributed by atoms with E-state index in [1.54, 1.807) is 11.7 Å². The third-order valence-corrected chi connectivity index (χ3v) is 8.85. The fourth-order valence-electron chi connectivity index (χ4n) is 4.90. The number of aliphatic carboxylic acids is 1. The van der Waals surface area contributed by atoms with E-state index in [1.807, 2.05) is 0 Å². The van der Waals surface area contributed by atoms with Gasteiger partial charge in [0.05, 0.1) is 0 Å². The number of aliphatic hydroxyl groups is 1. The number of fused-ring (bicyclic) bond motifs is 1. The molecule has 6 nitrogen and oxygen atoms in total. The number of hydrogen-bond donors (Lipinski definition) is 3. The lowest BCUT2D eigenvalue weighted by molar-refractivity contribution is -0.153. The van der Waals surface area contributed by atoms with Crippen LogP contribution in [0, 0.1) is 23.8 Å². The molecule has 32 heavy (non-hydrogen) atoms. The number of pyridine rings is 1. The maximum absolute atomic E-state index is 13.5. The summed E-state index contributed by atoms with van der Waals surface area (Å²) in [5.41, 5.74) is 1.57. The molecule has 0 radical (unpaired) electrons. The SMILES string of the molecule is C#CP(=O)(O)C(C(=O)O)(C(C)C)C(O)(Cc1ccc(F)cc1)c1cnc2c(c1)CCCC2. The van der Waals surface area contributed by atoms with Crippen molar-refractivity contribution < 1.29 is 28.9 Å². The van der Waals surface area contributed by atoms with Crippen LogP contribution in [-0.4, -0.2) is 31.2 Å². The van der Waals surface area contributed by atoms with Crippen LogP contribution >= 0.6 is 7.37 Å². The summed E-state index contributed by atoms with van der Waals surface area (Å²) < 4.78 is 26.8. The summed E-state index contributed by atoms with van der Waals surface area (Å²) in [5, 5.41) is 19.9. The van der Waals surface area contributed by atoms with Crippen LogP contribution in [-0.2, 0) is 34.2 Å². The number of aryl methyl sites for hydroxylation is 2. The van der Waals surface area contributed by atoms with Crippen LogP contribution in [0.15, 0.2) is 36.5 Å². The van der Waals surface area contributed by atoms with E-state index >= 15 is 0 Å². The smallest absolute Gasteiger partial charge is 0.324 e. The van der Waals surface area contributed by atoms with Gasteiger partial charge in [-0.1, -0.05) is 26.0 Å². The predicted molar refractivity (Wildman–Crippen MR) is 119 cm³/mol. The second-order valence-electron chi connectivity index (χ2n) is 8.63. The van der Waals surface area contributed by atoms with Gasteiger partial charge in [0.1, 0.15) is 11.4 Å². The van der Waals surface area contributed by atoms with Crippen molar-refractivity contribution in [1.82, 2.24) is 4.98 Å². The Morgan fingerprint density at radius 1 is 1.28 bits per heavy atom. The molecule has 1 aromatic heterocycles. The first kappa shape index (κ1) is 24.1. The zero-order valence-electron chi connectivity index (χ0n) is 18.1. The van der Waals surface area contributed by atoms with Crippen molar-refractivity contribution in [2.24, 2.45) is 5.92 Å². The molecule has 0 amide bonds. The van der Waals surface area contributed by atoms with Crippen LogP contribution in [0.3, 0.4) is 0 Å². The Labute approximate surface area is 187 Å². The molecule has 1 aromatic carbocycles. The quantitative estimate of drug-likeness (QED) is 0.429. The van der Waals surface area contributed by atoms with Gasteiger partial charge in [0, 0.05) is 23.9 Å². The molecular formula is C24H27FNO5P. The van der Waals surface area contributed by atoms with Crippen molar-refractivity contribution in [3.63, 3.8) is 0 Å². The molecule has 3 rings (SSSR count). The number of carboxylic acids is 1. The van der Waals surface area contributed by atoms with Gasteiger partial charge < -0.3 is 15.1 Å². The van der Waals surface area contributed by atoms with Crippen molar-refractivity contribution in [3.8, 4) is 12.1 Å². The van der Waals surface area contributed by atoms with Crippen LogP contribution in [0.2, 0.25) is 0 Å². The zero-order chi connectivity index (χ0) is 23.7. The molecule has 3 N–H and O–H groups in total. The highest BCUT2D eigenvalue weighted by Crippen LogP contribution is 2.65. The molecule has 3 atom stereocenters. The van der Waals surface area contributed by atoms with Crippen LogP contribution < -0.4 is 0 Å². The van der Waals surface area contributed by atoms with Gasteiger partial charge in [-0.05, 0) is 66.6 Å². The van der Waals surface area contributed by atoms with Gasteiger partial charge in [-0.3, -0.25) is 14.3 Å². The summed E-state index contributed by atoms with van der Waals surface area (Å²) in [6.45, 7) is 2.88. The first-order valence-corrected chi connectivity index (χ1v) is 12.1. The van der Waals surface area contributed by atoms with Gasteiger partial charge in [-0.25, -0.2) is 4.39 Å². The van der Waals surface area contributed by atoms with Crippen molar-refractivity contribution in [3.05, 3.63) is 64.7 Å². The van der Waals surface area contributed by atoms with Gasteiger partial charge >= 0.3 is 5.97 Å². The summed E-state index contributed by atoms with van der Waals surface area (Å²) in [6, 6.07) is 6.83. The average molecular weight is 459 g/mol. The minimum Gasteiger partial charge on any atom is -0.480 e. The maximum atomic E-state index is 13.5. The normalized spacial score (nSPS) is 19.2. The maximum Gasteiger partial charge on any atom is 0.324 e. The molecule has 0 fully saturated rings. The largest absolute Gasteiger partial charge is 0.480 e. The van der Waals surface area contributed by atoms with E-state index in [9.17, 15) is 28.9 Å². The molecule has 1 aliphatic rings. The lowest BCUT2D eigenvalue weighted by Crippen LogP contribution is -2.61. The van der Waals surface area contributed by atoms with Crippen molar-refractivity contribution in [2.45, 2.75) is 56.7 Å². The predicted octanol–water partition coefficient (Wildman–Crippen LogP) is 3.87. The summed E-state index contributed by atoms with van der Waals surface area (Å²) in [6.07, 6.45) is 9.73. The minimum atomic E-state index is -4.91. The van der Waals surface area contributed by atoms with E-state index in [4.69, 9.17) is 6.42 Å². The lowest BCUT2D eigenvalue weighted by atomic mass is 9.71. The fourth-order valence-corrected chi connectivity index (χ4v) is 6.77. The molecule has 170 valence electrons. The fraction of sp³-hybridized carbons (Fsp3) is 0.417. The van der Waals surface area contributed by atoms with Gasteiger partial charge in [-0.15, -0.1) is 6.42 Å². The Kier molecular flexibility index (Phi) is 6.62. The average Bonchev–Trinajstić information content (AvgIpc) is 2.74. The van der Waals surface area contributed by atoms with E-state index in [0.29, 0.717) is 12.0 Å². The number of halogens is 1. The Hall–Kier alpha value is -2.52. The van der Waals surface area contributed by atoms with E-state index in [-0.39, 0.29) is 12.0 Å². The molecule has 0 saturated heterocycles. The lowest BCUT2D eigenvalue weighted by Gasteiger charge is -2.47. The molecule has 1 heterocycles. The molecule has 0 spiro atoms. The van der Waals surface area contributed by atoms with Gasteiger partial charge in [0.15, 0.2) is 5.16 Å². The highest BCUT2D eigenvalue weighted by molar-refractivity contribution is 7.66. The third kappa shape index (κ3) is 3.77. The molecule has 0 aliphatic heterocycles. The summed E-state index contributed by atoms with van der Waals surface area (Å²) in [4.78, 5) is 28.0. The molecule has 0 bridgehead atoms. The molecule has 8 heteroatoms. The number of hydrogen-bond acceptors (Lipinski definition) is 4. The highest BCUT2D eigenvalue weighted by Gasteiger charge is 2.69. The van der Waals surface area contributed by atoms with Crippen molar-refractivity contribution in [1.29, 1.82) is 0 Å². The Bertz CT molecular complexity index is 1110. The number of benzene rings is 1. The number of carbonyl (C=O) groups is 1. The van der Waals surface area contributed by atoms with Crippen LogP contribution in [0.25, 0.3) is 0 Å². The molecule has 0 saturated carbocycles. The first-order valence-electron chi connectivity index (χ1n) is 10.5. The van der Waals surface area contributed by atoms with E-state index in [2.05, 4.69) is 4.98 Å². The number of terminal acetylenes is 1. The summed E-state index contributed by atoms with van der Waals surface area (Å²) >= 11 is 0. The number of nitrogens with zero attached hydrogens (tertiary/aromatic N) is 1. The molecule has 1 aliphatic carbocycles.